The van der Waals surface area contributed by atoms with Gasteiger partial charge in [0.05, 0.1) is 4.90 Å². The molecule has 4 nitrogen and oxygen atoms in total. The van der Waals surface area contributed by atoms with E-state index >= 15 is 0 Å². The Hall–Kier alpha value is -0.910. The Labute approximate surface area is 102 Å². The number of benzene rings is 1. The molecule has 2 rings (SSSR count). The highest BCUT2D eigenvalue weighted by Crippen LogP contribution is 2.18. The van der Waals surface area contributed by atoms with Gasteiger partial charge in [0.2, 0.25) is 10.0 Å². The second-order valence-corrected chi connectivity index (χ2v) is 6.02. The van der Waals surface area contributed by atoms with Crippen LogP contribution in [0, 0.1) is 0 Å². The van der Waals surface area contributed by atoms with Crippen molar-refractivity contribution in [3.8, 4) is 0 Å². The first-order valence-corrected chi connectivity index (χ1v) is 7.44. The Bertz CT molecular complexity index is 497. The summed E-state index contributed by atoms with van der Waals surface area (Å²) in [5.41, 5.74) is 2.34. The molecule has 0 fully saturated rings. The summed E-state index contributed by atoms with van der Waals surface area (Å²) in [6.45, 7) is 4.15. The maximum Gasteiger partial charge on any atom is 0.240 e. The molecule has 1 aromatic rings. The first-order valence-electron chi connectivity index (χ1n) is 5.95. The minimum absolute atomic E-state index is 0.369. The molecule has 0 atom stereocenters. The van der Waals surface area contributed by atoms with Crippen molar-refractivity contribution < 1.29 is 8.42 Å². The molecule has 17 heavy (non-hydrogen) atoms. The Kier molecular flexibility index (Phi) is 3.81. The summed E-state index contributed by atoms with van der Waals surface area (Å²) >= 11 is 0. The van der Waals surface area contributed by atoms with Gasteiger partial charge >= 0.3 is 0 Å². The van der Waals surface area contributed by atoms with E-state index in [0.29, 0.717) is 11.4 Å². The lowest BCUT2D eigenvalue weighted by Crippen LogP contribution is -2.26. The fourth-order valence-electron chi connectivity index (χ4n) is 1.94. The second-order valence-electron chi connectivity index (χ2n) is 4.26. The largest absolute Gasteiger partial charge is 0.312 e. The zero-order valence-electron chi connectivity index (χ0n) is 9.99. The quantitative estimate of drug-likeness (QED) is 0.843. The fraction of sp³-hybridized carbons (Fsp3) is 0.500. The number of nitrogens with one attached hydrogen (secondary N) is 2. The zero-order chi connectivity index (χ0) is 12.3. The maximum absolute atomic E-state index is 11.9. The fourth-order valence-corrected chi connectivity index (χ4v) is 3.13. The molecule has 5 heteroatoms. The molecular formula is C12H18N2O2S. The molecule has 94 valence electrons. The predicted octanol–water partition coefficient (Wildman–Crippen LogP) is 1.02. The first kappa shape index (κ1) is 12.5. The molecule has 1 heterocycles. The predicted molar refractivity (Wildman–Crippen MR) is 67.3 cm³/mol. The Morgan fingerprint density at radius 2 is 2.18 bits per heavy atom. The van der Waals surface area contributed by atoms with Gasteiger partial charge in [0.1, 0.15) is 0 Å². The number of hydrogen-bond donors (Lipinski definition) is 2. The van der Waals surface area contributed by atoms with Gasteiger partial charge in [-0.05, 0) is 42.6 Å². The Balaban J connectivity index is 2.27. The first-order chi connectivity index (χ1) is 8.13. The van der Waals surface area contributed by atoms with Crippen LogP contribution in [0.3, 0.4) is 0 Å². The van der Waals surface area contributed by atoms with E-state index in [1.807, 2.05) is 13.0 Å². The van der Waals surface area contributed by atoms with Crippen LogP contribution < -0.4 is 10.0 Å². The van der Waals surface area contributed by atoms with Crippen molar-refractivity contribution in [3.05, 3.63) is 29.3 Å². The van der Waals surface area contributed by atoms with Gasteiger partial charge in [0.15, 0.2) is 0 Å². The van der Waals surface area contributed by atoms with E-state index in [2.05, 4.69) is 10.0 Å². The number of hydrogen-bond acceptors (Lipinski definition) is 3. The molecule has 0 aromatic heterocycles. The van der Waals surface area contributed by atoms with Crippen molar-refractivity contribution in [2.75, 3.05) is 13.1 Å². The Morgan fingerprint density at radius 3 is 2.94 bits per heavy atom. The molecule has 1 aliphatic rings. The second kappa shape index (κ2) is 5.16. The zero-order valence-corrected chi connectivity index (χ0v) is 10.8. The van der Waals surface area contributed by atoms with E-state index in [1.54, 1.807) is 12.1 Å². The summed E-state index contributed by atoms with van der Waals surface area (Å²) in [6.07, 6.45) is 1.77. The van der Waals surface area contributed by atoms with Gasteiger partial charge in [-0.15, -0.1) is 0 Å². The standard InChI is InChI=1S/C12H18N2O2S/c1-2-6-14-17(15,16)12-4-3-10-5-7-13-9-11(10)8-12/h3-4,8,13-14H,2,5-7,9H2,1H3. The van der Waals surface area contributed by atoms with Crippen molar-refractivity contribution in [1.29, 1.82) is 0 Å². The third kappa shape index (κ3) is 2.86. The van der Waals surface area contributed by atoms with Crippen LogP contribution in [0.2, 0.25) is 0 Å². The highest BCUT2D eigenvalue weighted by atomic mass is 32.2. The molecule has 2 N–H and O–H groups in total. The van der Waals surface area contributed by atoms with E-state index in [0.717, 1.165) is 31.5 Å². The van der Waals surface area contributed by atoms with Gasteiger partial charge in [-0.2, -0.15) is 0 Å². The summed E-state index contributed by atoms with van der Waals surface area (Å²) in [4.78, 5) is 0.369. The molecule has 0 saturated heterocycles. The van der Waals surface area contributed by atoms with E-state index < -0.39 is 10.0 Å². The highest BCUT2D eigenvalue weighted by molar-refractivity contribution is 7.89. The molecule has 1 aliphatic heterocycles. The van der Waals surface area contributed by atoms with Gasteiger partial charge in [0.25, 0.3) is 0 Å². The van der Waals surface area contributed by atoms with Crippen LogP contribution in [0.25, 0.3) is 0 Å². The lowest BCUT2D eigenvalue weighted by atomic mass is 10.0. The van der Waals surface area contributed by atoms with Gasteiger partial charge in [-0.1, -0.05) is 13.0 Å². The summed E-state index contributed by atoms with van der Waals surface area (Å²) in [7, 11) is -3.33. The van der Waals surface area contributed by atoms with Crippen LogP contribution in [0.5, 0.6) is 0 Å². The highest BCUT2D eigenvalue weighted by Gasteiger charge is 2.16. The molecule has 0 saturated carbocycles. The maximum atomic E-state index is 11.9. The average molecular weight is 254 g/mol. The van der Waals surface area contributed by atoms with Crippen molar-refractivity contribution in [3.63, 3.8) is 0 Å². The van der Waals surface area contributed by atoms with Gasteiger partial charge in [0, 0.05) is 13.1 Å². The van der Waals surface area contributed by atoms with Crippen molar-refractivity contribution in [2.24, 2.45) is 0 Å². The third-order valence-electron chi connectivity index (χ3n) is 2.92. The van der Waals surface area contributed by atoms with E-state index in [-0.39, 0.29) is 0 Å². The topological polar surface area (TPSA) is 58.2 Å². The molecule has 0 aliphatic carbocycles. The van der Waals surface area contributed by atoms with Crippen LogP contribution in [-0.2, 0) is 23.0 Å². The lowest BCUT2D eigenvalue weighted by Gasteiger charge is -2.17. The van der Waals surface area contributed by atoms with Crippen LogP contribution in [0.4, 0.5) is 0 Å². The van der Waals surface area contributed by atoms with E-state index in [1.165, 1.54) is 5.56 Å². The molecule has 0 amide bonds. The van der Waals surface area contributed by atoms with Gasteiger partial charge < -0.3 is 5.32 Å². The van der Waals surface area contributed by atoms with Crippen LogP contribution in [0.15, 0.2) is 23.1 Å². The van der Waals surface area contributed by atoms with Crippen LogP contribution in [0.1, 0.15) is 24.5 Å². The molecule has 0 unspecified atom stereocenters. The molecule has 0 radical (unpaired) electrons. The van der Waals surface area contributed by atoms with Crippen LogP contribution >= 0.6 is 0 Å². The lowest BCUT2D eigenvalue weighted by molar-refractivity contribution is 0.579. The van der Waals surface area contributed by atoms with Crippen molar-refractivity contribution in [2.45, 2.75) is 31.2 Å². The third-order valence-corrected chi connectivity index (χ3v) is 4.38. The molecule has 1 aromatic carbocycles. The minimum atomic E-state index is -3.33. The summed E-state index contributed by atoms with van der Waals surface area (Å²) in [6, 6.07) is 5.40. The van der Waals surface area contributed by atoms with Gasteiger partial charge in [-0.3, -0.25) is 0 Å². The average Bonchev–Trinajstić information content (AvgIpc) is 2.36. The SMILES string of the molecule is CCCNS(=O)(=O)c1ccc2c(c1)CNCC2. The smallest absolute Gasteiger partial charge is 0.240 e. The number of sulfonamides is 1. The van der Waals surface area contributed by atoms with E-state index in [4.69, 9.17) is 0 Å². The number of fused-ring (bicyclic) bond motifs is 1. The monoisotopic (exact) mass is 254 g/mol. The van der Waals surface area contributed by atoms with Crippen molar-refractivity contribution in [1.82, 2.24) is 10.0 Å². The van der Waals surface area contributed by atoms with E-state index in [9.17, 15) is 8.42 Å². The molecule has 0 bridgehead atoms. The Morgan fingerprint density at radius 1 is 1.35 bits per heavy atom. The normalized spacial score (nSPS) is 15.6. The minimum Gasteiger partial charge on any atom is -0.312 e. The summed E-state index contributed by atoms with van der Waals surface area (Å²) in [5.74, 6) is 0. The van der Waals surface area contributed by atoms with Crippen LogP contribution in [-0.4, -0.2) is 21.5 Å². The summed E-state index contributed by atoms with van der Waals surface area (Å²) in [5, 5.41) is 3.25. The molecular weight excluding hydrogens is 236 g/mol. The van der Waals surface area contributed by atoms with Gasteiger partial charge in [-0.25, -0.2) is 13.1 Å². The number of rotatable bonds is 4. The summed E-state index contributed by atoms with van der Waals surface area (Å²) < 4.78 is 26.5. The molecule has 0 spiro atoms. The van der Waals surface area contributed by atoms with Crippen molar-refractivity contribution >= 4 is 10.0 Å².